The Morgan fingerprint density at radius 2 is 1.47 bits per heavy atom. The molecular weight excluding hydrogens is 244 g/mol. The largest absolute Gasteiger partial charge is 0.318 e. The smallest absolute Gasteiger partial charge is 0.164 e. The Hall–Kier alpha value is -1.74. The van der Waals surface area contributed by atoms with Crippen molar-refractivity contribution in [3.63, 3.8) is 0 Å². The van der Waals surface area contributed by atoms with Crippen LogP contribution in [0.4, 0.5) is 8.78 Å². The number of nitrogens with two attached hydrogens (primary N) is 1. The Labute approximate surface area is 112 Å². The highest BCUT2D eigenvalue weighted by atomic mass is 19.2. The third-order valence-electron chi connectivity index (χ3n) is 3.54. The molecule has 0 saturated carbocycles. The molecule has 19 heavy (non-hydrogen) atoms. The molecule has 0 amide bonds. The standard InChI is InChI=1S/C16H17F2N/c1-10-6-4-5-7-12(10)16(3,19)13-9-8-11(2)14(17)15(13)18/h4-9H,19H2,1-3H3. The molecule has 0 aliphatic rings. The van der Waals surface area contributed by atoms with E-state index in [1.165, 1.54) is 6.92 Å². The van der Waals surface area contributed by atoms with Crippen molar-refractivity contribution in [2.75, 3.05) is 0 Å². The Morgan fingerprint density at radius 3 is 2.11 bits per heavy atom. The summed E-state index contributed by atoms with van der Waals surface area (Å²) < 4.78 is 27.8. The second-order valence-corrected chi connectivity index (χ2v) is 5.08. The molecule has 2 rings (SSSR count). The van der Waals surface area contributed by atoms with Gasteiger partial charge in [-0.25, -0.2) is 8.78 Å². The van der Waals surface area contributed by atoms with Crippen LogP contribution in [0.25, 0.3) is 0 Å². The Bertz CT molecular complexity index is 618. The molecule has 0 fully saturated rings. The normalized spacial score (nSPS) is 14.2. The van der Waals surface area contributed by atoms with E-state index in [9.17, 15) is 8.78 Å². The molecule has 2 aromatic rings. The molecular formula is C16H17F2N. The lowest BCUT2D eigenvalue weighted by Gasteiger charge is -2.28. The van der Waals surface area contributed by atoms with Crippen LogP contribution in [0.3, 0.4) is 0 Å². The van der Waals surface area contributed by atoms with Crippen LogP contribution in [0.1, 0.15) is 29.2 Å². The second-order valence-electron chi connectivity index (χ2n) is 5.08. The molecule has 0 heterocycles. The van der Waals surface area contributed by atoms with Crippen LogP contribution in [-0.2, 0) is 5.54 Å². The van der Waals surface area contributed by atoms with Gasteiger partial charge in [-0.15, -0.1) is 0 Å². The van der Waals surface area contributed by atoms with E-state index in [1.54, 1.807) is 19.1 Å². The minimum atomic E-state index is -1.07. The number of aryl methyl sites for hydroxylation is 2. The van der Waals surface area contributed by atoms with Crippen LogP contribution >= 0.6 is 0 Å². The fraction of sp³-hybridized carbons (Fsp3) is 0.250. The van der Waals surface area contributed by atoms with E-state index < -0.39 is 17.2 Å². The SMILES string of the molecule is Cc1ccccc1C(C)(N)c1ccc(C)c(F)c1F. The first-order chi connectivity index (χ1) is 8.85. The third kappa shape index (κ3) is 2.26. The van der Waals surface area contributed by atoms with Gasteiger partial charge in [0.1, 0.15) is 0 Å². The molecule has 100 valence electrons. The fourth-order valence-electron chi connectivity index (χ4n) is 2.35. The summed E-state index contributed by atoms with van der Waals surface area (Å²) in [7, 11) is 0. The lowest BCUT2D eigenvalue weighted by atomic mass is 9.82. The summed E-state index contributed by atoms with van der Waals surface area (Å²) in [6.07, 6.45) is 0. The number of rotatable bonds is 2. The van der Waals surface area contributed by atoms with E-state index in [4.69, 9.17) is 5.73 Å². The number of hydrogen-bond donors (Lipinski definition) is 1. The van der Waals surface area contributed by atoms with Crippen LogP contribution in [0.5, 0.6) is 0 Å². The van der Waals surface area contributed by atoms with Crippen molar-refractivity contribution >= 4 is 0 Å². The average Bonchev–Trinajstić information content (AvgIpc) is 2.36. The summed E-state index contributed by atoms with van der Waals surface area (Å²) in [6, 6.07) is 10.6. The summed E-state index contributed by atoms with van der Waals surface area (Å²) in [6.45, 7) is 5.13. The average molecular weight is 261 g/mol. The van der Waals surface area contributed by atoms with Gasteiger partial charge in [-0.1, -0.05) is 36.4 Å². The van der Waals surface area contributed by atoms with E-state index in [-0.39, 0.29) is 11.1 Å². The molecule has 0 aliphatic carbocycles. The fourth-order valence-corrected chi connectivity index (χ4v) is 2.35. The molecule has 1 atom stereocenters. The molecule has 2 aromatic carbocycles. The Morgan fingerprint density at radius 1 is 0.842 bits per heavy atom. The molecule has 1 nitrogen and oxygen atoms in total. The molecule has 0 saturated heterocycles. The van der Waals surface area contributed by atoms with Gasteiger partial charge < -0.3 is 5.73 Å². The van der Waals surface area contributed by atoms with E-state index in [0.29, 0.717) is 0 Å². The van der Waals surface area contributed by atoms with Crippen LogP contribution in [0, 0.1) is 25.5 Å². The predicted octanol–water partition coefficient (Wildman–Crippen LogP) is 3.80. The minimum absolute atomic E-state index is 0.171. The molecule has 0 aromatic heterocycles. The van der Waals surface area contributed by atoms with Crippen molar-refractivity contribution in [2.45, 2.75) is 26.3 Å². The summed E-state index contributed by atoms with van der Waals surface area (Å²) in [4.78, 5) is 0. The first-order valence-corrected chi connectivity index (χ1v) is 6.15. The van der Waals surface area contributed by atoms with Gasteiger partial charge in [0.25, 0.3) is 0 Å². The highest BCUT2D eigenvalue weighted by Gasteiger charge is 2.30. The lowest BCUT2D eigenvalue weighted by molar-refractivity contribution is 0.464. The van der Waals surface area contributed by atoms with Gasteiger partial charge in [-0.05, 0) is 37.5 Å². The topological polar surface area (TPSA) is 26.0 Å². The zero-order chi connectivity index (χ0) is 14.2. The summed E-state index contributed by atoms with van der Waals surface area (Å²) in [5.74, 6) is -1.70. The van der Waals surface area contributed by atoms with Gasteiger partial charge in [0.15, 0.2) is 11.6 Å². The number of benzene rings is 2. The summed E-state index contributed by atoms with van der Waals surface area (Å²) in [5, 5.41) is 0. The molecule has 2 N–H and O–H groups in total. The van der Waals surface area contributed by atoms with Crippen molar-refractivity contribution < 1.29 is 8.78 Å². The molecule has 0 aliphatic heterocycles. The van der Waals surface area contributed by atoms with E-state index in [1.807, 2.05) is 31.2 Å². The minimum Gasteiger partial charge on any atom is -0.318 e. The van der Waals surface area contributed by atoms with Gasteiger partial charge in [-0.2, -0.15) is 0 Å². The van der Waals surface area contributed by atoms with Gasteiger partial charge in [0.05, 0.1) is 5.54 Å². The third-order valence-corrected chi connectivity index (χ3v) is 3.54. The Kier molecular flexibility index (Phi) is 3.42. The van der Waals surface area contributed by atoms with Gasteiger partial charge in [0, 0.05) is 5.56 Å². The van der Waals surface area contributed by atoms with Crippen molar-refractivity contribution in [2.24, 2.45) is 5.73 Å². The van der Waals surface area contributed by atoms with Crippen LogP contribution in [-0.4, -0.2) is 0 Å². The second kappa shape index (κ2) is 4.74. The predicted molar refractivity (Wildman–Crippen MR) is 72.9 cm³/mol. The zero-order valence-corrected chi connectivity index (χ0v) is 11.3. The monoisotopic (exact) mass is 261 g/mol. The van der Waals surface area contributed by atoms with Crippen molar-refractivity contribution in [3.8, 4) is 0 Å². The van der Waals surface area contributed by atoms with Crippen molar-refractivity contribution in [1.82, 2.24) is 0 Å². The molecule has 0 spiro atoms. The maximum absolute atomic E-state index is 14.1. The van der Waals surface area contributed by atoms with Crippen molar-refractivity contribution in [3.05, 3.63) is 70.3 Å². The molecule has 0 radical (unpaired) electrons. The maximum Gasteiger partial charge on any atom is 0.164 e. The summed E-state index contributed by atoms with van der Waals surface area (Å²) in [5.41, 5.74) is 7.40. The van der Waals surface area contributed by atoms with E-state index >= 15 is 0 Å². The molecule has 1 unspecified atom stereocenters. The lowest BCUT2D eigenvalue weighted by Crippen LogP contribution is -2.36. The van der Waals surface area contributed by atoms with Crippen LogP contribution < -0.4 is 5.73 Å². The van der Waals surface area contributed by atoms with Crippen LogP contribution in [0.2, 0.25) is 0 Å². The van der Waals surface area contributed by atoms with Crippen LogP contribution in [0.15, 0.2) is 36.4 Å². The van der Waals surface area contributed by atoms with E-state index in [2.05, 4.69) is 0 Å². The van der Waals surface area contributed by atoms with Crippen molar-refractivity contribution in [1.29, 1.82) is 0 Å². The quantitative estimate of drug-likeness (QED) is 0.874. The van der Waals surface area contributed by atoms with Gasteiger partial charge >= 0.3 is 0 Å². The highest BCUT2D eigenvalue weighted by molar-refractivity contribution is 5.43. The summed E-state index contributed by atoms with van der Waals surface area (Å²) >= 11 is 0. The van der Waals surface area contributed by atoms with Gasteiger partial charge in [0.2, 0.25) is 0 Å². The Balaban J connectivity index is 2.64. The first kappa shape index (κ1) is 13.7. The molecule has 3 heteroatoms. The maximum atomic E-state index is 14.1. The first-order valence-electron chi connectivity index (χ1n) is 6.15. The van der Waals surface area contributed by atoms with E-state index in [0.717, 1.165) is 11.1 Å². The van der Waals surface area contributed by atoms with Gasteiger partial charge in [-0.3, -0.25) is 0 Å². The molecule has 0 bridgehead atoms. The number of hydrogen-bond acceptors (Lipinski definition) is 1. The number of halogens is 2. The highest BCUT2D eigenvalue weighted by Crippen LogP contribution is 2.32. The zero-order valence-electron chi connectivity index (χ0n) is 11.3.